The van der Waals surface area contributed by atoms with E-state index in [-0.39, 0.29) is 0 Å². The molecular formula is C21H13BrClNOS2. The number of aromatic nitrogens is 1. The highest BCUT2D eigenvalue weighted by atomic mass is 79.9. The Morgan fingerprint density at radius 1 is 1.04 bits per heavy atom. The van der Waals surface area contributed by atoms with Crippen molar-refractivity contribution in [1.82, 2.24) is 4.98 Å². The van der Waals surface area contributed by atoms with Crippen molar-refractivity contribution in [2.75, 3.05) is 6.61 Å². The molecule has 4 aromatic rings. The zero-order valence-corrected chi connectivity index (χ0v) is 18.0. The lowest BCUT2D eigenvalue weighted by Crippen LogP contribution is -1.98. The predicted molar refractivity (Wildman–Crippen MR) is 118 cm³/mol. The van der Waals surface area contributed by atoms with Gasteiger partial charge in [0.1, 0.15) is 5.75 Å². The lowest BCUT2D eigenvalue weighted by molar-refractivity contribution is 0.326. The quantitative estimate of drug-likeness (QED) is 0.299. The van der Waals surface area contributed by atoms with Crippen LogP contribution in [0, 0.1) is 0 Å². The molecule has 27 heavy (non-hydrogen) atoms. The molecule has 0 radical (unpaired) electrons. The molecule has 2 nitrogen and oxygen atoms in total. The highest BCUT2D eigenvalue weighted by Gasteiger charge is 2.22. The zero-order chi connectivity index (χ0) is 18.4. The number of ether oxygens (including phenoxy) is 1. The van der Waals surface area contributed by atoms with Crippen molar-refractivity contribution in [3.8, 4) is 37.2 Å². The summed E-state index contributed by atoms with van der Waals surface area (Å²) in [7, 11) is 0. The van der Waals surface area contributed by atoms with E-state index in [1.54, 1.807) is 22.7 Å². The largest absolute Gasteiger partial charge is 0.493 e. The van der Waals surface area contributed by atoms with Crippen molar-refractivity contribution in [3.63, 3.8) is 0 Å². The summed E-state index contributed by atoms with van der Waals surface area (Å²) < 4.78 is 6.98. The first-order valence-electron chi connectivity index (χ1n) is 8.45. The number of nitrogens with zero attached hydrogens (tertiary/aromatic N) is 1. The van der Waals surface area contributed by atoms with Gasteiger partial charge in [0.05, 0.1) is 27.6 Å². The van der Waals surface area contributed by atoms with Crippen molar-refractivity contribution in [3.05, 3.63) is 69.1 Å². The number of hydrogen-bond donors (Lipinski definition) is 0. The number of hydrogen-bond acceptors (Lipinski definition) is 4. The van der Waals surface area contributed by atoms with Crippen LogP contribution in [0.5, 0.6) is 5.75 Å². The summed E-state index contributed by atoms with van der Waals surface area (Å²) in [5.41, 5.74) is 6.40. The molecule has 1 aliphatic heterocycles. The Labute approximate surface area is 178 Å². The summed E-state index contributed by atoms with van der Waals surface area (Å²) in [5, 5.41) is 0.754. The van der Waals surface area contributed by atoms with Crippen LogP contribution in [0.15, 0.2) is 58.5 Å². The molecule has 0 spiro atoms. The Morgan fingerprint density at radius 2 is 1.93 bits per heavy atom. The smallest absolute Gasteiger partial charge is 0.129 e. The second-order valence-corrected chi connectivity index (χ2v) is 9.44. The third-order valence-electron chi connectivity index (χ3n) is 4.55. The summed E-state index contributed by atoms with van der Waals surface area (Å²) in [6.07, 6.45) is 0.893. The molecule has 0 unspecified atom stereocenters. The summed E-state index contributed by atoms with van der Waals surface area (Å²) in [6, 6.07) is 16.4. The van der Waals surface area contributed by atoms with Crippen molar-refractivity contribution in [2.45, 2.75) is 6.42 Å². The van der Waals surface area contributed by atoms with Gasteiger partial charge in [-0.15, -0.1) is 22.7 Å². The van der Waals surface area contributed by atoms with Crippen LogP contribution in [-0.4, -0.2) is 11.6 Å². The van der Waals surface area contributed by atoms with E-state index < -0.39 is 0 Å². The van der Waals surface area contributed by atoms with Crippen LogP contribution in [0.2, 0.25) is 5.02 Å². The standard InChI is InChI=1S/C21H13BrClNOS2/c22-13-5-6-15-17(10-13)25-8-7-12-9-18(27-20(12)15)19-21(26-11-24-19)14-3-1-2-4-16(14)23/h1-6,9-11H,7-8H2. The highest BCUT2D eigenvalue weighted by molar-refractivity contribution is 9.10. The molecule has 3 heterocycles. The molecule has 0 N–H and O–H groups in total. The van der Waals surface area contributed by atoms with Gasteiger partial charge >= 0.3 is 0 Å². The predicted octanol–water partition coefficient (Wildman–Crippen LogP) is 7.56. The first kappa shape index (κ1) is 17.4. The van der Waals surface area contributed by atoms with E-state index in [0.717, 1.165) is 43.4 Å². The van der Waals surface area contributed by atoms with Gasteiger partial charge in [0.2, 0.25) is 0 Å². The van der Waals surface area contributed by atoms with E-state index in [1.807, 2.05) is 29.8 Å². The van der Waals surface area contributed by atoms with E-state index in [1.165, 1.54) is 15.3 Å². The summed E-state index contributed by atoms with van der Waals surface area (Å²) in [4.78, 5) is 8.23. The fourth-order valence-electron chi connectivity index (χ4n) is 3.29. The fourth-order valence-corrected chi connectivity index (χ4v) is 6.07. The van der Waals surface area contributed by atoms with Gasteiger partial charge < -0.3 is 4.74 Å². The normalized spacial score (nSPS) is 12.8. The van der Waals surface area contributed by atoms with Gasteiger partial charge in [-0.25, -0.2) is 4.98 Å². The molecule has 0 atom stereocenters. The SMILES string of the molecule is Clc1ccccc1-c1scnc1-c1cc2c(s1)-c1ccc(Br)cc1OCC2. The van der Waals surface area contributed by atoms with Gasteiger partial charge in [0, 0.05) is 31.9 Å². The van der Waals surface area contributed by atoms with E-state index in [0.29, 0.717) is 6.61 Å². The lowest BCUT2D eigenvalue weighted by Gasteiger charge is -2.07. The van der Waals surface area contributed by atoms with Crippen LogP contribution in [0.3, 0.4) is 0 Å². The fraction of sp³-hybridized carbons (Fsp3) is 0.0952. The molecule has 2 aromatic heterocycles. The number of halogens is 2. The van der Waals surface area contributed by atoms with Crippen LogP contribution in [0.1, 0.15) is 5.56 Å². The summed E-state index contributed by atoms with van der Waals surface area (Å²) >= 11 is 13.4. The number of rotatable bonds is 2. The maximum atomic E-state index is 6.44. The molecule has 0 aliphatic carbocycles. The van der Waals surface area contributed by atoms with Gasteiger partial charge in [-0.2, -0.15) is 0 Å². The Hall–Kier alpha value is -1.66. The van der Waals surface area contributed by atoms with Gasteiger partial charge in [-0.05, 0) is 35.9 Å². The highest BCUT2D eigenvalue weighted by Crippen LogP contribution is 2.47. The van der Waals surface area contributed by atoms with Crippen LogP contribution in [-0.2, 0) is 6.42 Å². The van der Waals surface area contributed by atoms with Crippen LogP contribution in [0.25, 0.3) is 31.5 Å². The number of thiazole rings is 1. The Bertz CT molecular complexity index is 1150. The van der Waals surface area contributed by atoms with Crippen molar-refractivity contribution in [1.29, 1.82) is 0 Å². The second kappa shape index (κ2) is 7.06. The molecule has 5 rings (SSSR count). The second-order valence-electron chi connectivity index (χ2n) is 6.21. The van der Waals surface area contributed by atoms with Crippen LogP contribution in [0.4, 0.5) is 0 Å². The van der Waals surface area contributed by atoms with E-state index in [2.05, 4.69) is 45.2 Å². The monoisotopic (exact) mass is 473 g/mol. The van der Waals surface area contributed by atoms with Crippen molar-refractivity contribution < 1.29 is 4.74 Å². The minimum absolute atomic E-state index is 0.682. The van der Waals surface area contributed by atoms with Crippen molar-refractivity contribution >= 4 is 50.2 Å². The summed E-state index contributed by atoms with van der Waals surface area (Å²) in [5.74, 6) is 0.932. The molecular weight excluding hydrogens is 462 g/mol. The van der Waals surface area contributed by atoms with E-state index in [4.69, 9.17) is 16.3 Å². The number of benzene rings is 2. The molecule has 0 bridgehead atoms. The van der Waals surface area contributed by atoms with Gasteiger partial charge in [0.15, 0.2) is 0 Å². The molecule has 0 fully saturated rings. The van der Waals surface area contributed by atoms with Crippen LogP contribution >= 0.6 is 50.2 Å². The first-order valence-corrected chi connectivity index (χ1v) is 11.3. The molecule has 0 amide bonds. The number of thiophene rings is 1. The molecule has 0 saturated carbocycles. The lowest BCUT2D eigenvalue weighted by atomic mass is 10.1. The molecule has 6 heteroatoms. The Morgan fingerprint density at radius 3 is 2.81 bits per heavy atom. The van der Waals surface area contributed by atoms with E-state index >= 15 is 0 Å². The maximum absolute atomic E-state index is 6.44. The minimum atomic E-state index is 0.682. The topological polar surface area (TPSA) is 22.1 Å². The van der Waals surface area contributed by atoms with Gasteiger partial charge in [-0.1, -0.05) is 45.7 Å². The van der Waals surface area contributed by atoms with Crippen molar-refractivity contribution in [2.24, 2.45) is 0 Å². The molecule has 2 aromatic carbocycles. The average Bonchev–Trinajstić information content (AvgIpc) is 3.26. The zero-order valence-electron chi connectivity index (χ0n) is 14.0. The summed E-state index contributed by atoms with van der Waals surface area (Å²) in [6.45, 7) is 0.682. The molecule has 0 saturated heterocycles. The van der Waals surface area contributed by atoms with Crippen LogP contribution < -0.4 is 4.74 Å². The first-order chi connectivity index (χ1) is 13.2. The third kappa shape index (κ3) is 3.13. The maximum Gasteiger partial charge on any atom is 0.129 e. The third-order valence-corrected chi connectivity index (χ3v) is 7.45. The Kier molecular flexibility index (Phi) is 4.56. The minimum Gasteiger partial charge on any atom is -0.493 e. The van der Waals surface area contributed by atoms with E-state index in [9.17, 15) is 0 Å². The molecule has 134 valence electrons. The number of fused-ring (bicyclic) bond motifs is 3. The van der Waals surface area contributed by atoms with Gasteiger partial charge in [0.25, 0.3) is 0 Å². The Balaban J connectivity index is 1.65. The average molecular weight is 475 g/mol. The van der Waals surface area contributed by atoms with Gasteiger partial charge in [-0.3, -0.25) is 0 Å². The molecule has 1 aliphatic rings.